The van der Waals surface area contributed by atoms with Crippen LogP contribution in [0.15, 0.2) is 63.5 Å². The molecule has 1 N–H and O–H groups in total. The van der Waals surface area contributed by atoms with Crippen molar-refractivity contribution in [3.8, 4) is 28.4 Å². The van der Waals surface area contributed by atoms with Crippen LogP contribution in [0.5, 0.6) is 5.75 Å². The fraction of sp³-hybridized carbons (Fsp3) is 0.217. The fourth-order valence-electron chi connectivity index (χ4n) is 3.13. The summed E-state index contributed by atoms with van der Waals surface area (Å²) >= 11 is 6.19. The zero-order chi connectivity index (χ0) is 23.2. The Bertz CT molecular complexity index is 1220. The van der Waals surface area contributed by atoms with Crippen LogP contribution in [-0.4, -0.2) is 38.0 Å². The van der Waals surface area contributed by atoms with Crippen molar-refractivity contribution in [2.45, 2.75) is 25.5 Å². The van der Waals surface area contributed by atoms with Crippen LogP contribution in [0.1, 0.15) is 13.8 Å². The number of hydrogen-bond acceptors (Lipinski definition) is 7. The quantitative estimate of drug-likeness (QED) is 0.261. The number of anilines is 1. The molecule has 7 nitrogen and oxygen atoms in total. The van der Waals surface area contributed by atoms with Crippen molar-refractivity contribution in [1.82, 2.24) is 19.7 Å². The van der Waals surface area contributed by atoms with Gasteiger partial charge in [0.15, 0.2) is 16.1 Å². The number of halogens is 1. The predicted molar refractivity (Wildman–Crippen MR) is 137 cm³/mol. The van der Waals surface area contributed by atoms with Crippen LogP contribution in [-0.2, 0) is 11.3 Å². The second-order valence-corrected chi connectivity index (χ2v) is 9.61. The average Bonchev–Trinajstić information content (AvgIpc) is 3.46. The highest BCUT2D eigenvalue weighted by Crippen LogP contribution is 2.28. The topological polar surface area (TPSA) is 81.9 Å². The molecule has 0 fully saturated rings. The van der Waals surface area contributed by atoms with Crippen LogP contribution in [0.3, 0.4) is 0 Å². The van der Waals surface area contributed by atoms with Crippen molar-refractivity contribution in [3.63, 3.8) is 0 Å². The lowest BCUT2D eigenvalue weighted by Gasteiger charge is -2.08. The smallest absolute Gasteiger partial charge is 0.236 e. The summed E-state index contributed by atoms with van der Waals surface area (Å²) in [7, 11) is 0. The molecule has 0 aliphatic carbocycles. The van der Waals surface area contributed by atoms with Crippen molar-refractivity contribution in [1.29, 1.82) is 0 Å². The Morgan fingerprint density at radius 1 is 1.09 bits per heavy atom. The van der Waals surface area contributed by atoms with E-state index in [2.05, 4.69) is 36.4 Å². The molecule has 0 bridgehead atoms. The van der Waals surface area contributed by atoms with Crippen LogP contribution in [0.25, 0.3) is 22.6 Å². The molecule has 0 atom stereocenters. The largest absolute Gasteiger partial charge is 0.494 e. The molecule has 4 rings (SSSR count). The molecule has 0 spiro atoms. The summed E-state index contributed by atoms with van der Waals surface area (Å²) in [5.41, 5.74) is 2.79. The third-order valence-corrected chi connectivity index (χ3v) is 6.93. The van der Waals surface area contributed by atoms with E-state index >= 15 is 0 Å². The summed E-state index contributed by atoms with van der Waals surface area (Å²) in [6, 6.07) is 15.7. The number of nitrogens with zero attached hydrogens (tertiary/aromatic N) is 4. The summed E-state index contributed by atoms with van der Waals surface area (Å²) in [4.78, 5) is 17.0. The molecule has 170 valence electrons. The van der Waals surface area contributed by atoms with E-state index in [1.807, 2.05) is 72.3 Å². The molecule has 2 aromatic heterocycles. The van der Waals surface area contributed by atoms with Gasteiger partial charge in [-0.3, -0.25) is 4.79 Å². The van der Waals surface area contributed by atoms with Gasteiger partial charge in [-0.1, -0.05) is 39.8 Å². The maximum atomic E-state index is 12.5. The van der Waals surface area contributed by atoms with Crippen molar-refractivity contribution in [2.75, 3.05) is 17.7 Å². The molecule has 2 heterocycles. The second kappa shape index (κ2) is 11.0. The number of aromatic nitrogens is 4. The standard InChI is InChI=1S/C23H22BrN5O2S2/c1-3-29-21(16-7-11-18(12-8-16)31-4-2)27-28-23(29)33-14-20(30)26-22-25-19(13-32-22)15-5-9-17(24)10-6-15/h5-13H,3-4,14H2,1-2H3,(H,25,26,30). The van der Waals surface area contributed by atoms with Gasteiger partial charge < -0.3 is 14.6 Å². The molecule has 0 aliphatic heterocycles. The lowest BCUT2D eigenvalue weighted by Crippen LogP contribution is -2.14. The second-order valence-electron chi connectivity index (χ2n) is 6.89. The molecular formula is C23H22BrN5O2S2. The van der Waals surface area contributed by atoms with Gasteiger partial charge in [0, 0.05) is 27.5 Å². The Labute approximate surface area is 208 Å². The molecule has 10 heteroatoms. The molecule has 0 saturated heterocycles. The normalized spacial score (nSPS) is 10.9. The van der Waals surface area contributed by atoms with Gasteiger partial charge in [-0.25, -0.2) is 4.98 Å². The number of ether oxygens (including phenoxy) is 1. The maximum Gasteiger partial charge on any atom is 0.236 e. The van der Waals surface area contributed by atoms with Gasteiger partial charge in [-0.2, -0.15) is 0 Å². The first-order chi connectivity index (χ1) is 16.1. The number of carbonyl (C=O) groups excluding carboxylic acids is 1. The highest BCUT2D eigenvalue weighted by Gasteiger charge is 2.15. The third kappa shape index (κ3) is 5.82. The Hall–Kier alpha value is -2.69. The highest BCUT2D eigenvalue weighted by atomic mass is 79.9. The number of amides is 1. The molecule has 0 saturated carbocycles. The lowest BCUT2D eigenvalue weighted by molar-refractivity contribution is -0.113. The van der Waals surface area contributed by atoms with Crippen LogP contribution in [0.2, 0.25) is 0 Å². The van der Waals surface area contributed by atoms with Crippen molar-refractivity contribution >= 4 is 50.1 Å². The number of carbonyl (C=O) groups is 1. The minimum Gasteiger partial charge on any atom is -0.494 e. The number of thiazole rings is 1. The minimum atomic E-state index is -0.134. The Balaban J connectivity index is 1.38. The molecular weight excluding hydrogens is 522 g/mol. The van der Waals surface area contributed by atoms with E-state index < -0.39 is 0 Å². The molecule has 4 aromatic rings. The molecule has 2 aromatic carbocycles. The van der Waals surface area contributed by atoms with E-state index in [0.717, 1.165) is 32.9 Å². The SMILES string of the molecule is CCOc1ccc(-c2nnc(SCC(=O)Nc3nc(-c4ccc(Br)cc4)cs3)n2CC)cc1. The fourth-order valence-corrected chi connectivity index (χ4v) is 4.93. The van der Waals surface area contributed by atoms with E-state index in [0.29, 0.717) is 23.4 Å². The van der Waals surface area contributed by atoms with Gasteiger partial charge in [0.05, 0.1) is 18.1 Å². The number of thioether (sulfide) groups is 1. The first-order valence-corrected chi connectivity index (χ1v) is 13.0. The van der Waals surface area contributed by atoms with Crippen molar-refractivity contribution in [3.05, 3.63) is 58.4 Å². The third-order valence-electron chi connectivity index (χ3n) is 4.68. The summed E-state index contributed by atoms with van der Waals surface area (Å²) in [5.74, 6) is 1.67. The van der Waals surface area contributed by atoms with Gasteiger partial charge >= 0.3 is 0 Å². The molecule has 33 heavy (non-hydrogen) atoms. The van der Waals surface area contributed by atoms with Gasteiger partial charge in [0.2, 0.25) is 5.91 Å². The minimum absolute atomic E-state index is 0.134. The number of rotatable bonds is 9. The van der Waals surface area contributed by atoms with Crippen LogP contribution in [0, 0.1) is 0 Å². The van der Waals surface area contributed by atoms with Gasteiger partial charge in [-0.15, -0.1) is 21.5 Å². The monoisotopic (exact) mass is 543 g/mol. The Morgan fingerprint density at radius 3 is 2.52 bits per heavy atom. The number of hydrogen-bond donors (Lipinski definition) is 1. The molecule has 0 aliphatic rings. The average molecular weight is 545 g/mol. The van der Waals surface area contributed by atoms with Gasteiger partial charge in [-0.05, 0) is 50.2 Å². The zero-order valence-electron chi connectivity index (χ0n) is 18.1. The van der Waals surface area contributed by atoms with Crippen LogP contribution < -0.4 is 10.1 Å². The number of benzene rings is 2. The number of nitrogens with one attached hydrogen (secondary N) is 1. The van der Waals surface area contributed by atoms with Crippen molar-refractivity contribution in [2.24, 2.45) is 0 Å². The summed E-state index contributed by atoms with van der Waals surface area (Å²) in [6.07, 6.45) is 0. The summed E-state index contributed by atoms with van der Waals surface area (Å²) < 4.78 is 8.52. The van der Waals surface area contributed by atoms with Crippen LogP contribution >= 0.6 is 39.0 Å². The van der Waals surface area contributed by atoms with Crippen LogP contribution in [0.4, 0.5) is 5.13 Å². The van der Waals surface area contributed by atoms with E-state index in [9.17, 15) is 4.79 Å². The predicted octanol–water partition coefficient (Wildman–Crippen LogP) is 5.98. The first kappa shape index (κ1) is 23.5. The van der Waals surface area contributed by atoms with E-state index in [4.69, 9.17) is 4.74 Å². The first-order valence-electron chi connectivity index (χ1n) is 10.4. The van der Waals surface area contributed by atoms with Gasteiger partial charge in [0.25, 0.3) is 0 Å². The Kier molecular flexibility index (Phi) is 7.79. The zero-order valence-corrected chi connectivity index (χ0v) is 21.3. The Morgan fingerprint density at radius 2 is 1.82 bits per heavy atom. The highest BCUT2D eigenvalue weighted by molar-refractivity contribution is 9.10. The molecule has 1 amide bonds. The van der Waals surface area contributed by atoms with Gasteiger partial charge in [0.1, 0.15) is 5.75 Å². The maximum absolute atomic E-state index is 12.5. The van der Waals surface area contributed by atoms with Crippen molar-refractivity contribution < 1.29 is 9.53 Å². The molecule has 0 radical (unpaired) electrons. The van der Waals surface area contributed by atoms with E-state index in [1.165, 1.54) is 23.1 Å². The summed E-state index contributed by atoms with van der Waals surface area (Å²) in [5, 5.41) is 14.7. The van der Waals surface area contributed by atoms with E-state index in [1.54, 1.807) is 0 Å². The molecule has 0 unspecified atom stereocenters. The summed E-state index contributed by atoms with van der Waals surface area (Å²) in [6.45, 7) is 5.31. The lowest BCUT2D eigenvalue weighted by atomic mass is 10.2. The van der Waals surface area contributed by atoms with E-state index in [-0.39, 0.29) is 11.7 Å².